The molecule has 30 heavy (non-hydrogen) atoms. The van der Waals surface area contributed by atoms with Crippen LogP contribution in [0, 0.1) is 0 Å². The van der Waals surface area contributed by atoms with Gasteiger partial charge in [0, 0.05) is 7.05 Å². The summed E-state index contributed by atoms with van der Waals surface area (Å²) in [6.07, 6.45) is 1.01. The Kier molecular flexibility index (Phi) is 6.43. The standard InChI is InChI=1S/C28H29NP/c1-24(26-17-9-4-10-18-26)29(2)30(27-19-11-5-12-20-27,28-21-13-6-14-22-28)23-25-15-7-3-8-16-25/h3-22,24H,23H2,1-2H3/q+1. The third-order valence-electron chi connectivity index (χ3n) is 6.00. The summed E-state index contributed by atoms with van der Waals surface area (Å²) in [5.74, 6) is 0. The van der Waals surface area contributed by atoms with Gasteiger partial charge in [0.25, 0.3) is 0 Å². The fraction of sp³-hybridized carbons (Fsp3) is 0.143. The van der Waals surface area contributed by atoms with Crippen molar-refractivity contribution in [2.45, 2.75) is 19.1 Å². The van der Waals surface area contributed by atoms with Crippen molar-refractivity contribution in [2.75, 3.05) is 7.05 Å². The molecule has 0 aliphatic carbocycles. The summed E-state index contributed by atoms with van der Waals surface area (Å²) in [5.41, 5.74) is 2.73. The van der Waals surface area contributed by atoms with Crippen molar-refractivity contribution in [1.82, 2.24) is 4.67 Å². The van der Waals surface area contributed by atoms with E-state index in [0.29, 0.717) is 6.04 Å². The first kappa shape index (κ1) is 20.5. The van der Waals surface area contributed by atoms with Gasteiger partial charge in [-0.2, -0.15) is 4.67 Å². The minimum atomic E-state index is -1.90. The van der Waals surface area contributed by atoms with E-state index in [4.69, 9.17) is 0 Å². The fourth-order valence-electron chi connectivity index (χ4n) is 4.25. The zero-order valence-corrected chi connectivity index (χ0v) is 18.6. The van der Waals surface area contributed by atoms with Crippen LogP contribution in [-0.4, -0.2) is 11.7 Å². The monoisotopic (exact) mass is 410 g/mol. The summed E-state index contributed by atoms with van der Waals surface area (Å²) in [6.45, 7) is 2.33. The van der Waals surface area contributed by atoms with Gasteiger partial charge in [0.2, 0.25) is 0 Å². The zero-order valence-electron chi connectivity index (χ0n) is 17.7. The number of rotatable bonds is 7. The number of hydrogen-bond donors (Lipinski definition) is 0. The first-order valence-corrected chi connectivity index (χ1v) is 12.5. The minimum Gasteiger partial charge on any atom is -0.166 e. The maximum atomic E-state index is 2.65. The van der Waals surface area contributed by atoms with E-state index < -0.39 is 7.41 Å². The summed E-state index contributed by atoms with van der Waals surface area (Å²) >= 11 is 0. The second kappa shape index (κ2) is 9.39. The molecular weight excluding hydrogens is 381 g/mol. The van der Waals surface area contributed by atoms with Crippen LogP contribution >= 0.6 is 7.41 Å². The van der Waals surface area contributed by atoms with Crippen molar-refractivity contribution in [1.29, 1.82) is 0 Å². The summed E-state index contributed by atoms with van der Waals surface area (Å²) in [5, 5.41) is 2.84. The molecule has 0 saturated carbocycles. The molecule has 1 nitrogen and oxygen atoms in total. The van der Waals surface area contributed by atoms with E-state index in [9.17, 15) is 0 Å². The summed E-state index contributed by atoms with van der Waals surface area (Å²) in [4.78, 5) is 0. The molecule has 1 unspecified atom stereocenters. The average molecular weight is 411 g/mol. The van der Waals surface area contributed by atoms with E-state index in [1.165, 1.54) is 21.7 Å². The highest BCUT2D eigenvalue weighted by atomic mass is 31.2. The Bertz CT molecular complexity index is 994. The topological polar surface area (TPSA) is 3.24 Å². The van der Waals surface area contributed by atoms with Crippen LogP contribution in [0.25, 0.3) is 0 Å². The molecule has 0 heterocycles. The van der Waals surface area contributed by atoms with Gasteiger partial charge in [0.1, 0.15) is 16.8 Å². The van der Waals surface area contributed by atoms with Crippen LogP contribution in [0.2, 0.25) is 0 Å². The van der Waals surface area contributed by atoms with Crippen molar-refractivity contribution >= 4 is 18.0 Å². The lowest BCUT2D eigenvalue weighted by atomic mass is 10.1. The molecule has 4 aromatic carbocycles. The Balaban J connectivity index is 1.92. The molecule has 0 amide bonds. The van der Waals surface area contributed by atoms with Gasteiger partial charge < -0.3 is 0 Å². The van der Waals surface area contributed by atoms with E-state index in [1.807, 2.05) is 0 Å². The smallest absolute Gasteiger partial charge is 0.153 e. The van der Waals surface area contributed by atoms with Crippen LogP contribution < -0.4 is 10.6 Å². The maximum Gasteiger partial charge on any atom is 0.153 e. The summed E-state index contributed by atoms with van der Waals surface area (Å²) in [7, 11) is 0.412. The molecule has 4 aromatic rings. The Hall–Kier alpha value is -2.73. The highest BCUT2D eigenvalue weighted by Crippen LogP contribution is 2.64. The third kappa shape index (κ3) is 4.10. The van der Waals surface area contributed by atoms with Gasteiger partial charge in [-0.1, -0.05) is 97.1 Å². The lowest BCUT2D eigenvalue weighted by Crippen LogP contribution is -2.37. The average Bonchev–Trinajstić information content (AvgIpc) is 2.84. The zero-order chi connectivity index (χ0) is 20.8. The van der Waals surface area contributed by atoms with E-state index in [1.54, 1.807) is 0 Å². The second-order valence-corrected chi connectivity index (χ2v) is 11.3. The summed E-state index contributed by atoms with van der Waals surface area (Å²) < 4.78 is 2.65. The van der Waals surface area contributed by atoms with E-state index in [0.717, 1.165) is 6.16 Å². The van der Waals surface area contributed by atoms with Gasteiger partial charge in [-0.25, -0.2) is 0 Å². The van der Waals surface area contributed by atoms with Crippen LogP contribution in [0.1, 0.15) is 24.1 Å². The highest BCUT2D eigenvalue weighted by molar-refractivity contribution is 7.86. The highest BCUT2D eigenvalue weighted by Gasteiger charge is 2.49. The first-order chi connectivity index (χ1) is 14.7. The van der Waals surface area contributed by atoms with Gasteiger partial charge in [0.05, 0.1) is 6.04 Å². The number of hydrogen-bond acceptors (Lipinski definition) is 1. The quantitative estimate of drug-likeness (QED) is 0.316. The molecule has 1 atom stereocenters. The van der Waals surface area contributed by atoms with E-state index in [-0.39, 0.29) is 0 Å². The van der Waals surface area contributed by atoms with E-state index in [2.05, 4.69) is 140 Å². The van der Waals surface area contributed by atoms with Gasteiger partial charge in [-0.05, 0) is 42.3 Å². The van der Waals surface area contributed by atoms with E-state index >= 15 is 0 Å². The first-order valence-electron chi connectivity index (χ1n) is 10.5. The third-order valence-corrected chi connectivity index (χ3v) is 10.6. The predicted molar refractivity (Wildman–Crippen MR) is 132 cm³/mol. The van der Waals surface area contributed by atoms with Crippen LogP contribution in [0.5, 0.6) is 0 Å². The number of nitrogens with zero attached hydrogens (tertiary/aromatic N) is 1. The van der Waals surface area contributed by atoms with Crippen LogP contribution in [0.15, 0.2) is 121 Å². The molecule has 0 aliphatic heterocycles. The lowest BCUT2D eigenvalue weighted by Gasteiger charge is -2.38. The fourth-order valence-corrected chi connectivity index (χ4v) is 8.66. The SMILES string of the molecule is CC(c1ccccc1)N(C)[P+](Cc1ccccc1)(c1ccccc1)c1ccccc1. The Morgan fingerprint density at radius 2 is 1.00 bits per heavy atom. The van der Waals surface area contributed by atoms with Gasteiger partial charge in [0.15, 0.2) is 7.41 Å². The van der Waals surface area contributed by atoms with Crippen LogP contribution in [-0.2, 0) is 6.16 Å². The van der Waals surface area contributed by atoms with Gasteiger partial charge >= 0.3 is 0 Å². The Labute approximate surface area is 181 Å². The molecule has 0 spiro atoms. The van der Waals surface area contributed by atoms with Crippen LogP contribution in [0.3, 0.4) is 0 Å². The van der Waals surface area contributed by atoms with Gasteiger partial charge in [-0.15, -0.1) is 0 Å². The molecule has 0 N–H and O–H groups in total. The summed E-state index contributed by atoms with van der Waals surface area (Å²) in [6, 6.07) is 44.3. The van der Waals surface area contributed by atoms with Crippen molar-refractivity contribution < 1.29 is 0 Å². The van der Waals surface area contributed by atoms with Crippen molar-refractivity contribution in [3.05, 3.63) is 132 Å². The normalized spacial score (nSPS) is 12.6. The maximum absolute atomic E-state index is 2.65. The van der Waals surface area contributed by atoms with Crippen molar-refractivity contribution in [3.8, 4) is 0 Å². The molecule has 0 aliphatic rings. The van der Waals surface area contributed by atoms with Gasteiger partial charge in [-0.3, -0.25) is 0 Å². The molecular formula is C28H29NP+. The van der Waals surface area contributed by atoms with Crippen molar-refractivity contribution in [2.24, 2.45) is 0 Å². The molecule has 0 bridgehead atoms. The van der Waals surface area contributed by atoms with Crippen LogP contribution in [0.4, 0.5) is 0 Å². The Morgan fingerprint density at radius 3 is 1.47 bits per heavy atom. The number of benzene rings is 4. The molecule has 4 rings (SSSR count). The molecule has 0 radical (unpaired) electrons. The lowest BCUT2D eigenvalue weighted by molar-refractivity contribution is 0.435. The Morgan fingerprint density at radius 1 is 0.600 bits per heavy atom. The second-order valence-electron chi connectivity index (χ2n) is 7.74. The predicted octanol–water partition coefficient (Wildman–Crippen LogP) is 6.46. The molecule has 0 aromatic heterocycles. The molecule has 2 heteroatoms. The molecule has 0 saturated heterocycles. The largest absolute Gasteiger partial charge is 0.166 e. The molecule has 150 valence electrons. The molecule has 0 fully saturated rings. The van der Waals surface area contributed by atoms with Crippen molar-refractivity contribution in [3.63, 3.8) is 0 Å². The minimum absolute atomic E-state index is 0.295.